The van der Waals surface area contributed by atoms with Crippen LogP contribution in [0, 0.1) is 0 Å². The van der Waals surface area contributed by atoms with Crippen LogP contribution in [0.1, 0.15) is 57.6 Å². The van der Waals surface area contributed by atoms with Crippen LogP contribution in [-0.2, 0) is 37.1 Å². The topological polar surface area (TPSA) is 168 Å². The van der Waals surface area contributed by atoms with Crippen LogP contribution in [0.5, 0.6) is 0 Å². The Labute approximate surface area is 226 Å². The van der Waals surface area contributed by atoms with Gasteiger partial charge in [-0.05, 0) is 30.4 Å². The smallest absolute Gasteiger partial charge is 0.407 e. The summed E-state index contributed by atoms with van der Waals surface area (Å²) in [6, 6.07) is 6.14. The maximum atomic E-state index is 13.8. The van der Waals surface area contributed by atoms with Gasteiger partial charge < -0.3 is 31.1 Å². The van der Waals surface area contributed by atoms with Gasteiger partial charge in [-0.25, -0.2) is 13.2 Å². The molecule has 11 nitrogen and oxygen atoms in total. The molecule has 38 heavy (non-hydrogen) atoms. The van der Waals surface area contributed by atoms with Gasteiger partial charge in [-0.1, -0.05) is 57.9 Å². The Kier molecular flexibility index (Phi) is 15.6. The number of sulfone groups is 1. The number of carbonyl (C=O) groups is 3. The molecule has 3 amide bonds. The number of aryl methyl sites for hydroxylation is 1. The predicted octanol–water partition coefficient (Wildman–Crippen LogP) is 1.12. The zero-order valence-electron chi connectivity index (χ0n) is 22.7. The van der Waals surface area contributed by atoms with Crippen LogP contribution < -0.4 is 16.4 Å². The molecule has 0 fully saturated rings. The number of carbonyl (C=O) groups excluding carboxylic acids is 3. The molecule has 0 aliphatic rings. The molecule has 0 saturated heterocycles. The number of amides is 3. The van der Waals surface area contributed by atoms with Gasteiger partial charge >= 0.3 is 6.09 Å². The Bertz CT molecular complexity index is 968. The summed E-state index contributed by atoms with van der Waals surface area (Å²) in [6.45, 7) is 5.54. The van der Waals surface area contributed by atoms with E-state index in [0.717, 1.165) is 17.5 Å². The van der Waals surface area contributed by atoms with Crippen molar-refractivity contribution in [3.63, 3.8) is 0 Å². The van der Waals surface area contributed by atoms with E-state index < -0.39 is 45.0 Å². The molecule has 0 aliphatic carbocycles. The Balaban J connectivity index is 3.30. The fourth-order valence-electron chi connectivity index (χ4n) is 4.09. The summed E-state index contributed by atoms with van der Waals surface area (Å²) < 4.78 is 31.8. The minimum Gasteiger partial charge on any atom is -0.448 e. The molecule has 1 aromatic rings. The number of rotatable bonds is 19. The lowest BCUT2D eigenvalue weighted by Gasteiger charge is -2.30. The van der Waals surface area contributed by atoms with Crippen molar-refractivity contribution >= 4 is 28.2 Å². The van der Waals surface area contributed by atoms with E-state index >= 15 is 0 Å². The maximum Gasteiger partial charge on any atom is 0.407 e. The standard InChI is InChI=1S/C26H44N4O7S/c1-4-8-23(9-5-2)38(35,36)18-24(29-26(34)37-13-12-28-19-31)25(33)30(17-22(32)15-27)16-21-11-7-10-20(6-3)14-21/h7,10-11,14,19,22-24,32H,4-6,8-9,12-13,15-18,27H2,1-3H3,(H,28,31)(H,29,34)/t22-,24+/m0/s1. The van der Waals surface area contributed by atoms with Gasteiger partial charge in [-0.3, -0.25) is 9.59 Å². The monoisotopic (exact) mass is 556 g/mol. The average Bonchev–Trinajstić information content (AvgIpc) is 2.89. The molecule has 0 heterocycles. The third-order valence-corrected chi connectivity index (χ3v) is 8.35. The number of hydrogen-bond donors (Lipinski definition) is 4. The summed E-state index contributed by atoms with van der Waals surface area (Å²) >= 11 is 0. The van der Waals surface area contributed by atoms with E-state index in [1.807, 2.05) is 45.0 Å². The number of hydrogen-bond acceptors (Lipinski definition) is 8. The van der Waals surface area contributed by atoms with E-state index in [0.29, 0.717) is 32.1 Å². The van der Waals surface area contributed by atoms with Gasteiger partial charge in [0.25, 0.3) is 0 Å². The molecule has 0 radical (unpaired) electrons. The molecule has 0 saturated carbocycles. The van der Waals surface area contributed by atoms with E-state index in [1.165, 1.54) is 4.90 Å². The quantitative estimate of drug-likeness (QED) is 0.145. The molecule has 12 heteroatoms. The summed E-state index contributed by atoms with van der Waals surface area (Å²) in [5.74, 6) is -1.28. The Morgan fingerprint density at radius 1 is 1.16 bits per heavy atom. The van der Waals surface area contributed by atoms with Crippen LogP contribution >= 0.6 is 0 Å². The summed E-state index contributed by atoms with van der Waals surface area (Å²) in [5, 5.41) is 14.4. The fraction of sp³-hybridized carbons (Fsp3) is 0.654. The number of ether oxygens (including phenoxy) is 1. The number of aliphatic hydroxyl groups is 1. The lowest BCUT2D eigenvalue weighted by atomic mass is 10.1. The van der Waals surface area contributed by atoms with Gasteiger partial charge in [-0.15, -0.1) is 0 Å². The first-order chi connectivity index (χ1) is 18.1. The highest BCUT2D eigenvalue weighted by Gasteiger charge is 2.35. The molecule has 0 aromatic heterocycles. The minimum absolute atomic E-state index is 0.0610. The zero-order chi connectivity index (χ0) is 28.6. The SMILES string of the molecule is CCCC(CCC)S(=O)(=O)C[C@@H](NC(=O)OCCNC=O)C(=O)N(Cc1cccc(CC)c1)C[C@@H](O)CN. The van der Waals surface area contributed by atoms with Crippen molar-refractivity contribution in [2.45, 2.75) is 76.8 Å². The number of benzene rings is 1. The summed E-state index contributed by atoms with van der Waals surface area (Å²) in [4.78, 5) is 38.0. The second-order valence-corrected chi connectivity index (χ2v) is 11.5. The third kappa shape index (κ3) is 11.8. The number of aliphatic hydroxyl groups excluding tert-OH is 1. The molecule has 0 unspecified atom stereocenters. The van der Waals surface area contributed by atoms with E-state index in [4.69, 9.17) is 10.5 Å². The van der Waals surface area contributed by atoms with Gasteiger partial charge in [-0.2, -0.15) is 0 Å². The summed E-state index contributed by atoms with van der Waals surface area (Å²) in [7, 11) is -3.78. The molecular weight excluding hydrogens is 512 g/mol. The summed E-state index contributed by atoms with van der Waals surface area (Å²) in [6.07, 6.45) is 1.42. The predicted molar refractivity (Wildman–Crippen MR) is 146 cm³/mol. The molecule has 1 aromatic carbocycles. The number of nitrogens with two attached hydrogens (primary N) is 1. The lowest BCUT2D eigenvalue weighted by Crippen LogP contribution is -2.54. The molecule has 0 aliphatic heterocycles. The van der Waals surface area contributed by atoms with Crippen LogP contribution in [0.15, 0.2) is 24.3 Å². The first-order valence-corrected chi connectivity index (χ1v) is 14.9. The molecule has 2 atom stereocenters. The van der Waals surface area contributed by atoms with Crippen molar-refractivity contribution < 1.29 is 32.6 Å². The highest BCUT2D eigenvalue weighted by atomic mass is 32.2. The Morgan fingerprint density at radius 2 is 1.82 bits per heavy atom. The minimum atomic E-state index is -3.78. The molecule has 0 bridgehead atoms. The number of nitrogens with zero attached hydrogens (tertiary/aromatic N) is 1. The van der Waals surface area contributed by atoms with Crippen LogP contribution in [-0.4, -0.2) is 86.2 Å². The van der Waals surface area contributed by atoms with Gasteiger partial charge in [0.1, 0.15) is 12.6 Å². The molecule has 1 rings (SSSR count). The van der Waals surface area contributed by atoms with Gasteiger partial charge in [0.2, 0.25) is 12.3 Å². The van der Waals surface area contributed by atoms with Crippen molar-refractivity contribution in [1.82, 2.24) is 15.5 Å². The Hall–Kier alpha value is -2.70. The van der Waals surface area contributed by atoms with Crippen molar-refractivity contribution in [2.75, 3.05) is 32.0 Å². The fourth-order valence-corrected chi connectivity index (χ4v) is 6.24. The van der Waals surface area contributed by atoms with Crippen molar-refractivity contribution in [3.8, 4) is 0 Å². The number of nitrogens with one attached hydrogen (secondary N) is 2. The van der Waals surface area contributed by atoms with E-state index in [1.54, 1.807) is 0 Å². The first-order valence-electron chi connectivity index (χ1n) is 13.2. The third-order valence-electron chi connectivity index (χ3n) is 6.07. The van der Waals surface area contributed by atoms with Gasteiger partial charge in [0, 0.05) is 19.6 Å². The largest absolute Gasteiger partial charge is 0.448 e. The second-order valence-electron chi connectivity index (χ2n) is 9.22. The van der Waals surface area contributed by atoms with Crippen molar-refractivity contribution in [3.05, 3.63) is 35.4 Å². The second kappa shape index (κ2) is 17.7. The molecular formula is C26H44N4O7S. The lowest BCUT2D eigenvalue weighted by molar-refractivity contribution is -0.134. The maximum absolute atomic E-state index is 13.8. The molecule has 216 valence electrons. The van der Waals surface area contributed by atoms with Gasteiger partial charge in [0.15, 0.2) is 9.84 Å². The van der Waals surface area contributed by atoms with Gasteiger partial charge in [0.05, 0.1) is 23.7 Å². The average molecular weight is 557 g/mol. The van der Waals surface area contributed by atoms with E-state index in [-0.39, 0.29) is 32.8 Å². The highest BCUT2D eigenvalue weighted by Crippen LogP contribution is 2.18. The molecule has 5 N–H and O–H groups in total. The zero-order valence-corrected chi connectivity index (χ0v) is 23.5. The first kappa shape index (κ1) is 33.3. The van der Waals surface area contributed by atoms with Crippen LogP contribution in [0.2, 0.25) is 0 Å². The van der Waals surface area contributed by atoms with Crippen molar-refractivity contribution in [1.29, 1.82) is 0 Å². The number of alkyl carbamates (subject to hydrolysis) is 1. The highest BCUT2D eigenvalue weighted by molar-refractivity contribution is 7.92. The van der Waals surface area contributed by atoms with E-state index in [9.17, 15) is 27.9 Å². The van der Waals surface area contributed by atoms with E-state index in [2.05, 4.69) is 10.6 Å². The molecule has 0 spiro atoms. The van der Waals surface area contributed by atoms with Crippen LogP contribution in [0.4, 0.5) is 4.79 Å². The van der Waals surface area contributed by atoms with Crippen LogP contribution in [0.3, 0.4) is 0 Å². The normalized spacial score (nSPS) is 13.0. The Morgan fingerprint density at radius 3 is 2.39 bits per heavy atom. The van der Waals surface area contributed by atoms with Crippen LogP contribution in [0.25, 0.3) is 0 Å². The summed E-state index contributed by atoms with van der Waals surface area (Å²) in [5.41, 5.74) is 7.45. The van der Waals surface area contributed by atoms with Crippen molar-refractivity contribution in [2.24, 2.45) is 5.73 Å².